The molecule has 4 rings (SSSR count). The molecule has 2 N–H and O–H groups in total. The van der Waals surface area contributed by atoms with Crippen molar-refractivity contribution in [3.8, 4) is 0 Å². The van der Waals surface area contributed by atoms with Gasteiger partial charge in [-0.3, -0.25) is 5.01 Å². The molecule has 2 aromatic rings. The van der Waals surface area contributed by atoms with Crippen molar-refractivity contribution < 1.29 is 10.0 Å². The lowest BCUT2D eigenvalue weighted by molar-refractivity contribution is -0.884. The van der Waals surface area contributed by atoms with Gasteiger partial charge in [-0.15, -0.1) is 0 Å². The molecule has 2 aliphatic rings. The van der Waals surface area contributed by atoms with Crippen LogP contribution in [0.2, 0.25) is 0 Å². The highest BCUT2D eigenvalue weighted by molar-refractivity contribution is 6.08. The van der Waals surface area contributed by atoms with Crippen LogP contribution in [-0.4, -0.2) is 49.1 Å². The van der Waals surface area contributed by atoms with E-state index in [0.717, 1.165) is 48.6 Å². The molecule has 0 bridgehead atoms. The summed E-state index contributed by atoms with van der Waals surface area (Å²) in [5, 5.41) is 18.7. The van der Waals surface area contributed by atoms with E-state index in [4.69, 9.17) is 5.10 Å². The first-order chi connectivity index (χ1) is 12.6. The number of nitrogens with one attached hydrogen (secondary N) is 1. The van der Waals surface area contributed by atoms with Crippen LogP contribution >= 0.6 is 0 Å². The van der Waals surface area contributed by atoms with Crippen LogP contribution in [0, 0.1) is 0 Å². The van der Waals surface area contributed by atoms with Gasteiger partial charge in [0.15, 0.2) is 0 Å². The highest BCUT2D eigenvalue weighted by Crippen LogP contribution is 2.44. The summed E-state index contributed by atoms with van der Waals surface area (Å²) in [6.07, 6.45) is 2.59. The number of quaternary nitrogens is 1. The third kappa shape index (κ3) is 3.30. The smallest absolute Gasteiger partial charge is 0.121 e. The fourth-order valence-corrected chi connectivity index (χ4v) is 3.83. The van der Waals surface area contributed by atoms with Gasteiger partial charge in [-0.1, -0.05) is 60.7 Å². The maximum Gasteiger partial charge on any atom is 0.121 e. The second-order valence-corrected chi connectivity index (χ2v) is 7.33. The Kier molecular flexibility index (Phi) is 4.62. The molecule has 1 fully saturated rings. The van der Waals surface area contributed by atoms with Crippen molar-refractivity contribution in [2.24, 2.45) is 5.10 Å². The van der Waals surface area contributed by atoms with E-state index in [1.54, 1.807) is 4.90 Å². The van der Waals surface area contributed by atoms with Gasteiger partial charge in [0, 0.05) is 6.42 Å². The number of allylic oxidation sites excluding steroid dienone is 1. The zero-order valence-corrected chi connectivity index (χ0v) is 15.2. The van der Waals surface area contributed by atoms with Crippen LogP contribution in [0.4, 0.5) is 0 Å². The minimum Gasteiger partial charge on any atom is -0.380 e. The molecule has 0 radical (unpaired) electrons. The molecule has 4 nitrogen and oxygen atoms in total. The molecule has 4 heteroatoms. The van der Waals surface area contributed by atoms with Crippen molar-refractivity contribution >= 4 is 11.3 Å². The monoisotopic (exact) mass is 348 g/mol. The molecule has 1 heterocycles. The van der Waals surface area contributed by atoms with Gasteiger partial charge in [0.05, 0.1) is 38.9 Å². The molecule has 1 atom stereocenters. The summed E-state index contributed by atoms with van der Waals surface area (Å²) in [6, 6.07) is 20.1. The Morgan fingerprint density at radius 1 is 0.962 bits per heavy atom. The number of aliphatic hydroxyl groups is 1. The van der Waals surface area contributed by atoms with Crippen LogP contribution < -0.4 is 4.90 Å². The highest BCUT2D eigenvalue weighted by Gasteiger charge is 2.40. The molecule has 0 amide bonds. The molecule has 134 valence electrons. The zero-order valence-electron chi connectivity index (χ0n) is 15.2. The van der Waals surface area contributed by atoms with Gasteiger partial charge in [0.1, 0.15) is 5.60 Å². The Labute approximate surface area is 155 Å². The molecule has 1 aliphatic carbocycles. The van der Waals surface area contributed by atoms with Gasteiger partial charge < -0.3 is 10.0 Å². The van der Waals surface area contributed by atoms with E-state index in [-0.39, 0.29) is 0 Å². The van der Waals surface area contributed by atoms with Crippen molar-refractivity contribution in [3.05, 3.63) is 77.9 Å². The molecule has 0 saturated carbocycles. The third-order valence-electron chi connectivity index (χ3n) is 5.39. The van der Waals surface area contributed by atoms with Gasteiger partial charge in [0.25, 0.3) is 0 Å². The SMILES string of the molecule is C[NH+]1CCN(/N=C2\C=C(c3ccccc3)[C@@](O)(c3ccccc3)C2)CC1. The maximum absolute atomic E-state index is 11.6. The average Bonchev–Trinajstić information content (AvgIpc) is 3.02. The minimum atomic E-state index is -1.03. The van der Waals surface area contributed by atoms with E-state index in [2.05, 4.69) is 30.3 Å². The van der Waals surface area contributed by atoms with Crippen molar-refractivity contribution in [3.63, 3.8) is 0 Å². The molecule has 0 aromatic heterocycles. The predicted molar refractivity (Wildman–Crippen MR) is 105 cm³/mol. The van der Waals surface area contributed by atoms with Crippen LogP contribution in [0.5, 0.6) is 0 Å². The third-order valence-corrected chi connectivity index (χ3v) is 5.39. The summed E-state index contributed by atoms with van der Waals surface area (Å²) in [5.74, 6) is 0. The van der Waals surface area contributed by atoms with Gasteiger partial charge in [-0.05, 0) is 22.8 Å². The van der Waals surface area contributed by atoms with Crippen LogP contribution in [0.1, 0.15) is 17.5 Å². The number of benzene rings is 2. The lowest BCUT2D eigenvalue weighted by Gasteiger charge is -2.29. The summed E-state index contributed by atoms with van der Waals surface area (Å²) >= 11 is 0. The number of hydrogen-bond acceptors (Lipinski definition) is 3. The number of hydrazone groups is 1. The van der Waals surface area contributed by atoms with Gasteiger partial charge in [-0.25, -0.2) is 0 Å². The average molecular weight is 348 g/mol. The first-order valence-corrected chi connectivity index (χ1v) is 9.34. The Balaban J connectivity index is 1.70. The quantitative estimate of drug-likeness (QED) is 0.884. The van der Waals surface area contributed by atoms with E-state index < -0.39 is 5.60 Å². The van der Waals surface area contributed by atoms with E-state index in [1.807, 2.05) is 48.5 Å². The molecule has 0 spiro atoms. The van der Waals surface area contributed by atoms with E-state index in [1.165, 1.54) is 0 Å². The Morgan fingerprint density at radius 3 is 2.23 bits per heavy atom. The Hall–Kier alpha value is -2.43. The molecule has 26 heavy (non-hydrogen) atoms. The first kappa shape index (κ1) is 17.0. The minimum absolute atomic E-state index is 0.514. The summed E-state index contributed by atoms with van der Waals surface area (Å²) in [7, 11) is 2.22. The Bertz CT molecular complexity index is 808. The van der Waals surface area contributed by atoms with E-state index >= 15 is 0 Å². The van der Waals surface area contributed by atoms with Crippen molar-refractivity contribution in [1.29, 1.82) is 0 Å². The van der Waals surface area contributed by atoms with Gasteiger partial charge in [-0.2, -0.15) is 5.10 Å². The summed E-state index contributed by atoms with van der Waals surface area (Å²) in [5.41, 5.74) is 2.83. The van der Waals surface area contributed by atoms with E-state index in [0.29, 0.717) is 6.42 Å². The summed E-state index contributed by atoms with van der Waals surface area (Å²) < 4.78 is 0. The standard InChI is InChI=1S/C22H25N3O/c1-24-12-14-25(15-13-24)23-20-16-21(18-8-4-2-5-9-18)22(26,17-20)19-10-6-3-7-11-19/h2-11,16,26H,12-15,17H2,1H3/p+1/b23-20+/t22-/m0/s1. The molecule has 1 saturated heterocycles. The fourth-order valence-electron chi connectivity index (χ4n) is 3.83. The second-order valence-electron chi connectivity index (χ2n) is 7.33. The second kappa shape index (κ2) is 7.06. The van der Waals surface area contributed by atoms with Crippen LogP contribution in [-0.2, 0) is 5.60 Å². The van der Waals surface area contributed by atoms with Crippen molar-refractivity contribution in [1.82, 2.24) is 5.01 Å². The topological polar surface area (TPSA) is 40.3 Å². The Morgan fingerprint density at radius 2 is 1.58 bits per heavy atom. The van der Waals surface area contributed by atoms with Crippen molar-refractivity contribution in [2.45, 2.75) is 12.0 Å². The number of rotatable bonds is 3. The predicted octanol–water partition coefficient (Wildman–Crippen LogP) is 1.55. The summed E-state index contributed by atoms with van der Waals surface area (Å²) in [4.78, 5) is 1.55. The van der Waals surface area contributed by atoms with Gasteiger partial charge >= 0.3 is 0 Å². The molecule has 0 unspecified atom stereocenters. The zero-order chi connectivity index (χ0) is 18.0. The molecular weight excluding hydrogens is 322 g/mol. The number of hydrogen-bond donors (Lipinski definition) is 2. The van der Waals surface area contributed by atoms with Crippen LogP contribution in [0.25, 0.3) is 5.57 Å². The van der Waals surface area contributed by atoms with Gasteiger partial charge in [0.2, 0.25) is 0 Å². The number of piperazine rings is 1. The lowest BCUT2D eigenvalue weighted by atomic mass is 9.84. The summed E-state index contributed by atoms with van der Waals surface area (Å²) in [6.45, 7) is 4.14. The van der Waals surface area contributed by atoms with Crippen LogP contribution in [0.3, 0.4) is 0 Å². The fraction of sp³-hybridized carbons (Fsp3) is 0.318. The normalized spacial score (nSPS) is 25.5. The van der Waals surface area contributed by atoms with Crippen LogP contribution in [0.15, 0.2) is 71.8 Å². The van der Waals surface area contributed by atoms with Crippen molar-refractivity contribution in [2.75, 3.05) is 33.2 Å². The molecule has 2 aromatic carbocycles. The lowest BCUT2D eigenvalue weighted by Crippen LogP contribution is -3.11. The highest BCUT2D eigenvalue weighted by atomic mass is 16.3. The maximum atomic E-state index is 11.6. The number of nitrogens with zero attached hydrogens (tertiary/aromatic N) is 2. The first-order valence-electron chi connectivity index (χ1n) is 9.34. The molecule has 1 aliphatic heterocycles. The van der Waals surface area contributed by atoms with E-state index in [9.17, 15) is 5.11 Å². The molecular formula is C22H26N3O+. The largest absolute Gasteiger partial charge is 0.380 e. The number of likely N-dealkylation sites (N-methyl/N-ethyl adjacent to an activating group) is 1.